The predicted molar refractivity (Wildman–Crippen MR) is 102 cm³/mol. The van der Waals surface area contributed by atoms with E-state index in [9.17, 15) is 9.90 Å². The number of nitrogens with zero attached hydrogens (tertiary/aromatic N) is 2. The van der Waals surface area contributed by atoms with E-state index >= 15 is 0 Å². The third kappa shape index (κ3) is 3.50. The van der Waals surface area contributed by atoms with Crippen molar-refractivity contribution >= 4 is 17.9 Å². The van der Waals surface area contributed by atoms with Gasteiger partial charge in [0.15, 0.2) is 4.77 Å². The van der Waals surface area contributed by atoms with Crippen molar-refractivity contribution in [3.05, 3.63) is 50.5 Å². The predicted octanol–water partition coefficient (Wildman–Crippen LogP) is 2.86. The van der Waals surface area contributed by atoms with Crippen LogP contribution in [0.2, 0.25) is 0 Å². The van der Waals surface area contributed by atoms with Crippen LogP contribution in [0, 0.1) is 4.77 Å². The summed E-state index contributed by atoms with van der Waals surface area (Å²) < 4.78 is 6.95. The number of hydrazone groups is 1. The molecule has 0 spiro atoms. The maximum absolute atomic E-state index is 12.4. The quantitative estimate of drug-likeness (QED) is 0.676. The highest BCUT2D eigenvalue weighted by molar-refractivity contribution is 7.71. The summed E-state index contributed by atoms with van der Waals surface area (Å²) in [4.78, 5) is 15.0. The molecule has 1 aliphatic rings. The normalized spacial score (nSPS) is 16.2. The van der Waals surface area contributed by atoms with Crippen LogP contribution in [-0.4, -0.2) is 27.5 Å². The molecule has 0 unspecified atom stereocenters. The van der Waals surface area contributed by atoms with Crippen LogP contribution in [0.3, 0.4) is 0 Å². The SMILES string of the molecule is CCCCn1c(O)c(C2=NN[C@@H](c3ccc(OC)cc3)C2)c(=O)[nH]c1=S. The van der Waals surface area contributed by atoms with E-state index in [0.717, 1.165) is 24.2 Å². The molecule has 0 bridgehead atoms. The molecular weight excluding hydrogens is 352 g/mol. The Morgan fingerprint density at radius 2 is 2.12 bits per heavy atom. The Kier molecular flexibility index (Phi) is 5.41. The summed E-state index contributed by atoms with van der Waals surface area (Å²) in [6.07, 6.45) is 2.30. The minimum atomic E-state index is -0.420. The summed E-state index contributed by atoms with van der Waals surface area (Å²) in [5.74, 6) is 0.656. The van der Waals surface area contributed by atoms with E-state index in [1.807, 2.05) is 24.3 Å². The lowest BCUT2D eigenvalue weighted by atomic mass is 10.00. The average molecular weight is 374 g/mol. The van der Waals surface area contributed by atoms with Gasteiger partial charge in [-0.1, -0.05) is 25.5 Å². The fourth-order valence-corrected chi connectivity index (χ4v) is 3.24. The van der Waals surface area contributed by atoms with Gasteiger partial charge in [-0.25, -0.2) is 0 Å². The molecule has 0 saturated heterocycles. The van der Waals surface area contributed by atoms with Crippen LogP contribution < -0.4 is 15.7 Å². The zero-order chi connectivity index (χ0) is 18.7. The first kappa shape index (κ1) is 18.2. The molecule has 138 valence electrons. The number of unbranched alkanes of at least 4 members (excludes halogenated alkanes) is 1. The number of benzene rings is 1. The van der Waals surface area contributed by atoms with E-state index in [-0.39, 0.29) is 22.3 Å². The average Bonchev–Trinajstić information content (AvgIpc) is 3.11. The first-order valence-electron chi connectivity index (χ1n) is 8.57. The Hall–Kier alpha value is -2.61. The summed E-state index contributed by atoms with van der Waals surface area (Å²) in [6.45, 7) is 2.60. The molecule has 0 saturated carbocycles. The van der Waals surface area contributed by atoms with Gasteiger partial charge < -0.3 is 15.3 Å². The maximum Gasteiger partial charge on any atom is 0.264 e. The highest BCUT2D eigenvalue weighted by atomic mass is 32.1. The van der Waals surface area contributed by atoms with Crippen molar-refractivity contribution in [3.63, 3.8) is 0 Å². The van der Waals surface area contributed by atoms with Gasteiger partial charge in [0.2, 0.25) is 5.88 Å². The molecule has 7 nitrogen and oxygen atoms in total. The Morgan fingerprint density at radius 3 is 2.77 bits per heavy atom. The zero-order valence-electron chi connectivity index (χ0n) is 14.8. The van der Waals surface area contributed by atoms with Crippen molar-refractivity contribution in [3.8, 4) is 11.6 Å². The van der Waals surface area contributed by atoms with Gasteiger partial charge in [-0.05, 0) is 36.3 Å². The number of aromatic amines is 1. The molecule has 1 atom stereocenters. The Bertz CT molecular complexity index is 931. The largest absolute Gasteiger partial charge is 0.497 e. The van der Waals surface area contributed by atoms with Crippen LogP contribution in [0.5, 0.6) is 11.6 Å². The van der Waals surface area contributed by atoms with Crippen molar-refractivity contribution in [2.24, 2.45) is 5.10 Å². The molecule has 0 amide bonds. The summed E-state index contributed by atoms with van der Waals surface area (Å²) in [6, 6.07) is 7.59. The van der Waals surface area contributed by atoms with Gasteiger partial charge in [0, 0.05) is 13.0 Å². The summed E-state index contributed by atoms with van der Waals surface area (Å²) in [5, 5.41) is 14.9. The van der Waals surface area contributed by atoms with Crippen molar-refractivity contribution < 1.29 is 9.84 Å². The monoisotopic (exact) mass is 374 g/mol. The third-order valence-corrected chi connectivity index (χ3v) is 4.79. The fourth-order valence-electron chi connectivity index (χ4n) is 2.97. The van der Waals surface area contributed by atoms with E-state index in [1.165, 1.54) is 0 Å². The van der Waals surface area contributed by atoms with E-state index in [2.05, 4.69) is 22.4 Å². The lowest BCUT2D eigenvalue weighted by molar-refractivity contribution is 0.398. The molecule has 0 fully saturated rings. The third-order valence-electron chi connectivity index (χ3n) is 4.47. The highest BCUT2D eigenvalue weighted by Gasteiger charge is 2.26. The van der Waals surface area contributed by atoms with Gasteiger partial charge in [0.1, 0.15) is 11.3 Å². The molecule has 3 rings (SSSR count). The molecule has 2 aromatic rings. The molecule has 1 aromatic heterocycles. The van der Waals surface area contributed by atoms with E-state index in [4.69, 9.17) is 17.0 Å². The standard InChI is InChI=1S/C18H22N4O3S/c1-3-4-9-22-17(24)15(16(23)19-18(22)26)14-10-13(20-21-14)11-5-7-12(25-2)8-6-11/h5-8,13,20,24H,3-4,9-10H2,1-2H3,(H,19,23,26)/t13-/m1/s1. The minimum Gasteiger partial charge on any atom is -0.497 e. The molecule has 3 N–H and O–H groups in total. The number of hydrogen-bond acceptors (Lipinski definition) is 6. The van der Waals surface area contributed by atoms with Gasteiger partial charge in [0.25, 0.3) is 5.56 Å². The molecular formula is C18H22N4O3S. The van der Waals surface area contributed by atoms with Crippen LogP contribution in [0.4, 0.5) is 0 Å². The van der Waals surface area contributed by atoms with E-state index in [0.29, 0.717) is 18.7 Å². The second kappa shape index (κ2) is 7.74. The number of aromatic nitrogens is 2. The lowest BCUT2D eigenvalue weighted by Crippen LogP contribution is -2.22. The molecule has 0 radical (unpaired) electrons. The number of H-pyrrole nitrogens is 1. The van der Waals surface area contributed by atoms with Crippen LogP contribution >= 0.6 is 12.2 Å². The minimum absolute atomic E-state index is 0.0676. The maximum atomic E-state index is 12.4. The number of rotatable bonds is 6. The second-order valence-electron chi connectivity index (χ2n) is 6.18. The summed E-state index contributed by atoms with van der Waals surface area (Å²) >= 11 is 5.18. The molecule has 1 aromatic carbocycles. The van der Waals surface area contributed by atoms with Crippen LogP contribution in [0.1, 0.15) is 43.4 Å². The lowest BCUT2D eigenvalue weighted by Gasteiger charge is -2.13. The highest BCUT2D eigenvalue weighted by Crippen LogP contribution is 2.27. The van der Waals surface area contributed by atoms with Gasteiger partial charge in [0.05, 0.1) is 18.9 Å². The van der Waals surface area contributed by atoms with Crippen molar-refractivity contribution in [2.75, 3.05) is 7.11 Å². The summed E-state index contributed by atoms with van der Waals surface area (Å²) in [5.41, 5.74) is 4.34. The first-order valence-corrected chi connectivity index (χ1v) is 8.98. The Balaban J connectivity index is 1.88. The summed E-state index contributed by atoms with van der Waals surface area (Å²) in [7, 11) is 1.62. The van der Waals surface area contributed by atoms with E-state index in [1.54, 1.807) is 11.7 Å². The molecule has 8 heteroatoms. The number of nitrogens with one attached hydrogen (secondary N) is 2. The van der Waals surface area contributed by atoms with Crippen molar-refractivity contribution in [1.82, 2.24) is 15.0 Å². The van der Waals surface area contributed by atoms with Gasteiger partial charge in [-0.15, -0.1) is 0 Å². The second-order valence-corrected chi connectivity index (χ2v) is 6.57. The van der Waals surface area contributed by atoms with Gasteiger partial charge >= 0.3 is 0 Å². The van der Waals surface area contributed by atoms with Gasteiger partial charge in [-0.3, -0.25) is 14.3 Å². The topological polar surface area (TPSA) is 91.6 Å². The number of hydrogen-bond donors (Lipinski definition) is 3. The van der Waals surface area contributed by atoms with E-state index < -0.39 is 5.56 Å². The number of methoxy groups -OCH3 is 1. The van der Waals surface area contributed by atoms with Crippen molar-refractivity contribution in [1.29, 1.82) is 0 Å². The van der Waals surface area contributed by atoms with Crippen LogP contribution in [-0.2, 0) is 6.54 Å². The smallest absolute Gasteiger partial charge is 0.264 e. The zero-order valence-corrected chi connectivity index (χ0v) is 15.6. The number of aromatic hydroxyl groups is 1. The Labute approximate surface area is 156 Å². The first-order chi connectivity index (χ1) is 12.5. The molecule has 26 heavy (non-hydrogen) atoms. The van der Waals surface area contributed by atoms with Crippen LogP contribution in [0.15, 0.2) is 34.2 Å². The fraction of sp³-hybridized carbons (Fsp3) is 0.389. The van der Waals surface area contributed by atoms with Crippen molar-refractivity contribution in [2.45, 2.75) is 38.8 Å². The van der Waals surface area contributed by atoms with Gasteiger partial charge in [-0.2, -0.15) is 5.10 Å². The van der Waals surface area contributed by atoms with Crippen LogP contribution in [0.25, 0.3) is 0 Å². The molecule has 1 aliphatic heterocycles. The Morgan fingerprint density at radius 1 is 1.38 bits per heavy atom. The molecule has 2 heterocycles. The number of ether oxygens (including phenoxy) is 1. The molecule has 0 aliphatic carbocycles.